The van der Waals surface area contributed by atoms with E-state index in [1.165, 1.54) is 12.1 Å². The van der Waals surface area contributed by atoms with E-state index in [0.717, 1.165) is 0 Å². The summed E-state index contributed by atoms with van der Waals surface area (Å²) in [6.45, 7) is 2.31. The fourth-order valence-electron chi connectivity index (χ4n) is 1.72. The van der Waals surface area contributed by atoms with E-state index in [0.29, 0.717) is 17.9 Å². The molecule has 5 nitrogen and oxygen atoms in total. The third kappa shape index (κ3) is 2.82. The zero-order valence-electron chi connectivity index (χ0n) is 10.2. The van der Waals surface area contributed by atoms with E-state index in [1.807, 2.05) is 6.92 Å². The smallest absolute Gasteiger partial charge is 0.295 e. The summed E-state index contributed by atoms with van der Waals surface area (Å²) in [5.74, 6) is 0.544. The minimum atomic E-state index is -0.485. The predicted molar refractivity (Wildman–Crippen MR) is 72.5 cm³/mol. The molecule has 0 N–H and O–H groups in total. The molecule has 0 aliphatic carbocycles. The van der Waals surface area contributed by atoms with Gasteiger partial charge in [-0.25, -0.2) is 4.98 Å². The molecule has 6 heteroatoms. The van der Waals surface area contributed by atoms with Gasteiger partial charge in [-0.1, -0.05) is 23.7 Å². The van der Waals surface area contributed by atoms with Crippen LogP contribution in [0.1, 0.15) is 6.92 Å². The van der Waals surface area contributed by atoms with Gasteiger partial charge in [0.25, 0.3) is 5.69 Å². The SMILES string of the molecule is CCOc1ccccc1-c1nc(Cl)ccc1[N+](=O)[O-]. The standard InChI is InChI=1S/C13H11ClN2O3/c1-2-19-11-6-4-3-5-9(11)13-10(16(17)18)7-8-12(14)15-13/h3-8H,2H2,1H3. The first-order chi connectivity index (χ1) is 9.13. The van der Waals surface area contributed by atoms with Crippen LogP contribution in [0.5, 0.6) is 5.75 Å². The van der Waals surface area contributed by atoms with Crippen LogP contribution in [0.2, 0.25) is 5.15 Å². The lowest BCUT2D eigenvalue weighted by atomic mass is 10.1. The molecule has 0 spiro atoms. The van der Waals surface area contributed by atoms with Crippen molar-refractivity contribution in [2.45, 2.75) is 6.92 Å². The summed E-state index contributed by atoms with van der Waals surface area (Å²) in [6, 6.07) is 9.76. The molecule has 98 valence electrons. The molecule has 0 radical (unpaired) electrons. The molecule has 2 aromatic rings. The Bertz CT molecular complexity index is 617. The molecule has 1 heterocycles. The second-order valence-electron chi connectivity index (χ2n) is 3.69. The first-order valence-electron chi connectivity index (χ1n) is 5.66. The molecule has 0 saturated heterocycles. The van der Waals surface area contributed by atoms with Crippen molar-refractivity contribution in [3.8, 4) is 17.0 Å². The first kappa shape index (κ1) is 13.3. The highest BCUT2D eigenvalue weighted by Gasteiger charge is 2.20. The van der Waals surface area contributed by atoms with E-state index in [9.17, 15) is 10.1 Å². The van der Waals surface area contributed by atoms with Crippen molar-refractivity contribution in [2.24, 2.45) is 0 Å². The minimum absolute atomic E-state index is 0.100. The van der Waals surface area contributed by atoms with Crippen LogP contribution >= 0.6 is 11.6 Å². The lowest BCUT2D eigenvalue weighted by Crippen LogP contribution is -1.98. The van der Waals surface area contributed by atoms with Gasteiger partial charge in [0.2, 0.25) is 0 Å². The Hall–Kier alpha value is -2.14. The van der Waals surface area contributed by atoms with Crippen LogP contribution in [-0.2, 0) is 0 Å². The normalized spacial score (nSPS) is 10.2. The van der Waals surface area contributed by atoms with Crippen LogP contribution < -0.4 is 4.74 Å². The van der Waals surface area contributed by atoms with Crippen LogP contribution in [0.25, 0.3) is 11.3 Å². The Morgan fingerprint density at radius 3 is 2.74 bits per heavy atom. The Morgan fingerprint density at radius 1 is 1.32 bits per heavy atom. The monoisotopic (exact) mass is 278 g/mol. The number of benzene rings is 1. The van der Waals surface area contributed by atoms with E-state index >= 15 is 0 Å². The number of halogens is 1. The topological polar surface area (TPSA) is 65.3 Å². The molecule has 2 rings (SSSR count). The molecule has 0 amide bonds. The summed E-state index contributed by atoms with van der Waals surface area (Å²) < 4.78 is 5.46. The molecular formula is C13H11ClN2O3. The molecule has 0 saturated carbocycles. The summed E-state index contributed by atoms with van der Waals surface area (Å²) in [4.78, 5) is 14.6. The van der Waals surface area contributed by atoms with Crippen LogP contribution in [0, 0.1) is 10.1 Å². The number of hydrogen-bond acceptors (Lipinski definition) is 4. The molecule has 0 unspecified atom stereocenters. The lowest BCUT2D eigenvalue weighted by Gasteiger charge is -2.09. The molecule has 1 aromatic carbocycles. The maximum atomic E-state index is 11.1. The number of ether oxygens (including phenoxy) is 1. The zero-order valence-corrected chi connectivity index (χ0v) is 10.9. The maximum absolute atomic E-state index is 11.1. The summed E-state index contributed by atoms with van der Waals surface area (Å²) in [7, 11) is 0. The van der Waals surface area contributed by atoms with Crippen LogP contribution in [0.3, 0.4) is 0 Å². The Labute approximate surface area is 115 Å². The van der Waals surface area contributed by atoms with Gasteiger partial charge in [-0.05, 0) is 25.1 Å². The Kier molecular flexibility index (Phi) is 3.97. The van der Waals surface area contributed by atoms with Crippen LogP contribution in [0.4, 0.5) is 5.69 Å². The first-order valence-corrected chi connectivity index (χ1v) is 6.04. The highest BCUT2D eigenvalue weighted by Crippen LogP contribution is 2.35. The summed E-state index contributed by atoms with van der Waals surface area (Å²) in [5, 5.41) is 11.3. The molecular weight excluding hydrogens is 268 g/mol. The number of nitro groups is 1. The molecule has 0 atom stereocenters. The van der Waals surface area contributed by atoms with E-state index in [2.05, 4.69) is 4.98 Å². The van der Waals surface area contributed by atoms with Gasteiger partial charge < -0.3 is 4.74 Å². The summed E-state index contributed by atoms with van der Waals surface area (Å²) >= 11 is 5.83. The average molecular weight is 279 g/mol. The van der Waals surface area contributed by atoms with Crippen molar-refractivity contribution < 1.29 is 9.66 Å². The minimum Gasteiger partial charge on any atom is -0.493 e. The zero-order chi connectivity index (χ0) is 13.8. The third-order valence-corrected chi connectivity index (χ3v) is 2.69. The number of para-hydroxylation sites is 1. The number of nitrogens with zero attached hydrogens (tertiary/aromatic N) is 2. The number of hydrogen-bond donors (Lipinski definition) is 0. The molecule has 0 bridgehead atoms. The molecule has 0 aliphatic heterocycles. The van der Waals surface area contributed by atoms with Crippen LogP contribution in [-0.4, -0.2) is 16.5 Å². The lowest BCUT2D eigenvalue weighted by molar-refractivity contribution is -0.384. The molecule has 0 aliphatic rings. The van der Waals surface area contributed by atoms with Gasteiger partial charge in [0, 0.05) is 11.6 Å². The van der Waals surface area contributed by atoms with E-state index in [-0.39, 0.29) is 16.5 Å². The molecule has 0 fully saturated rings. The number of aromatic nitrogens is 1. The Balaban J connectivity index is 2.64. The van der Waals surface area contributed by atoms with Crippen molar-refractivity contribution in [1.82, 2.24) is 4.98 Å². The van der Waals surface area contributed by atoms with Crippen molar-refractivity contribution >= 4 is 17.3 Å². The largest absolute Gasteiger partial charge is 0.493 e. The fraction of sp³-hybridized carbons (Fsp3) is 0.154. The number of pyridine rings is 1. The summed E-state index contributed by atoms with van der Waals surface area (Å²) in [6.07, 6.45) is 0. The number of rotatable bonds is 4. The van der Waals surface area contributed by atoms with Crippen molar-refractivity contribution in [2.75, 3.05) is 6.61 Å². The third-order valence-electron chi connectivity index (χ3n) is 2.48. The van der Waals surface area contributed by atoms with Gasteiger partial charge in [0.15, 0.2) is 5.69 Å². The highest BCUT2D eigenvalue weighted by atomic mass is 35.5. The molecule has 19 heavy (non-hydrogen) atoms. The van der Waals surface area contributed by atoms with Gasteiger partial charge >= 0.3 is 0 Å². The average Bonchev–Trinajstić information content (AvgIpc) is 2.39. The molecule has 1 aromatic heterocycles. The van der Waals surface area contributed by atoms with Crippen molar-refractivity contribution in [1.29, 1.82) is 0 Å². The van der Waals surface area contributed by atoms with E-state index in [1.54, 1.807) is 24.3 Å². The Morgan fingerprint density at radius 2 is 2.05 bits per heavy atom. The predicted octanol–water partition coefficient (Wildman–Crippen LogP) is 3.71. The van der Waals surface area contributed by atoms with Gasteiger partial charge in [0.05, 0.1) is 11.5 Å². The van der Waals surface area contributed by atoms with Crippen LogP contribution in [0.15, 0.2) is 36.4 Å². The highest BCUT2D eigenvalue weighted by molar-refractivity contribution is 6.29. The second-order valence-corrected chi connectivity index (χ2v) is 4.08. The fourth-order valence-corrected chi connectivity index (χ4v) is 1.86. The van der Waals surface area contributed by atoms with Gasteiger partial charge in [-0.2, -0.15) is 0 Å². The quantitative estimate of drug-likeness (QED) is 0.486. The second kappa shape index (κ2) is 5.67. The van der Waals surface area contributed by atoms with Crippen molar-refractivity contribution in [3.63, 3.8) is 0 Å². The van der Waals surface area contributed by atoms with E-state index < -0.39 is 4.92 Å². The summed E-state index contributed by atoms with van der Waals surface area (Å²) in [5.41, 5.74) is 0.664. The maximum Gasteiger partial charge on any atom is 0.295 e. The van der Waals surface area contributed by atoms with E-state index in [4.69, 9.17) is 16.3 Å². The van der Waals surface area contributed by atoms with Gasteiger partial charge in [0.1, 0.15) is 10.9 Å². The van der Waals surface area contributed by atoms with Gasteiger partial charge in [-0.15, -0.1) is 0 Å². The van der Waals surface area contributed by atoms with Crippen molar-refractivity contribution in [3.05, 3.63) is 51.7 Å². The van der Waals surface area contributed by atoms with Gasteiger partial charge in [-0.3, -0.25) is 10.1 Å².